The van der Waals surface area contributed by atoms with E-state index in [0.717, 1.165) is 32.2 Å². The summed E-state index contributed by atoms with van der Waals surface area (Å²) in [6, 6.07) is 0.374. The summed E-state index contributed by atoms with van der Waals surface area (Å²) < 4.78 is 0. The van der Waals surface area contributed by atoms with Gasteiger partial charge in [0.15, 0.2) is 0 Å². The van der Waals surface area contributed by atoms with Crippen LogP contribution in [0.25, 0.3) is 0 Å². The second-order valence-corrected chi connectivity index (χ2v) is 5.61. The minimum absolute atomic E-state index is 0.0627. The molecule has 4 heteroatoms. The van der Waals surface area contributed by atoms with Crippen LogP contribution >= 0.6 is 0 Å². The van der Waals surface area contributed by atoms with Crippen molar-refractivity contribution in [3.63, 3.8) is 0 Å². The van der Waals surface area contributed by atoms with E-state index in [-0.39, 0.29) is 11.8 Å². The third-order valence-electron chi connectivity index (χ3n) is 4.09. The number of aliphatic carboxylic acids is 1. The number of carbonyl (C=O) groups excluding carboxylic acids is 1. The van der Waals surface area contributed by atoms with E-state index in [4.69, 9.17) is 0 Å². The van der Waals surface area contributed by atoms with Crippen LogP contribution in [0.3, 0.4) is 0 Å². The lowest BCUT2D eigenvalue weighted by Crippen LogP contribution is -2.43. The van der Waals surface area contributed by atoms with Crippen molar-refractivity contribution in [2.45, 2.75) is 51.5 Å². The summed E-state index contributed by atoms with van der Waals surface area (Å²) in [5.41, 5.74) is 0. The van der Waals surface area contributed by atoms with E-state index in [1.807, 2.05) is 17.1 Å². The van der Waals surface area contributed by atoms with Gasteiger partial charge in [0.1, 0.15) is 0 Å². The van der Waals surface area contributed by atoms with Gasteiger partial charge in [-0.25, -0.2) is 0 Å². The Labute approximate surface area is 114 Å². The molecule has 2 rings (SSSR count). The van der Waals surface area contributed by atoms with Gasteiger partial charge in [-0.1, -0.05) is 25.5 Å². The number of carboxylic acids is 1. The quantitative estimate of drug-likeness (QED) is 0.750. The number of unbranched alkanes of at least 4 members (excludes halogenated alkanes) is 1. The Hall–Kier alpha value is -1.32. The first-order valence-electron chi connectivity index (χ1n) is 7.33. The fourth-order valence-electron chi connectivity index (χ4n) is 2.76. The van der Waals surface area contributed by atoms with Gasteiger partial charge in [-0.05, 0) is 32.1 Å². The lowest BCUT2D eigenvalue weighted by atomic mass is 9.82. The Morgan fingerprint density at radius 2 is 1.84 bits per heavy atom. The Morgan fingerprint density at radius 1 is 1.21 bits per heavy atom. The van der Waals surface area contributed by atoms with Crippen molar-refractivity contribution in [2.75, 3.05) is 6.54 Å². The Balaban J connectivity index is 2.06. The zero-order valence-corrected chi connectivity index (χ0v) is 11.5. The molecule has 0 spiro atoms. The molecular formula is C15H23NO3. The number of hydrogen-bond acceptors (Lipinski definition) is 2. The van der Waals surface area contributed by atoms with Gasteiger partial charge >= 0.3 is 5.97 Å². The van der Waals surface area contributed by atoms with Gasteiger partial charge in [0, 0.05) is 12.6 Å². The van der Waals surface area contributed by atoms with Crippen LogP contribution < -0.4 is 0 Å². The van der Waals surface area contributed by atoms with Gasteiger partial charge in [0.25, 0.3) is 0 Å². The zero-order valence-electron chi connectivity index (χ0n) is 11.5. The molecule has 0 radical (unpaired) electrons. The van der Waals surface area contributed by atoms with Crippen molar-refractivity contribution in [3.05, 3.63) is 12.2 Å². The first kappa shape index (κ1) is 14.1. The molecule has 0 bridgehead atoms. The van der Waals surface area contributed by atoms with Crippen molar-refractivity contribution in [3.8, 4) is 0 Å². The van der Waals surface area contributed by atoms with Crippen LogP contribution in [0.5, 0.6) is 0 Å². The summed E-state index contributed by atoms with van der Waals surface area (Å²) in [6.45, 7) is 2.89. The molecular weight excluding hydrogens is 242 g/mol. The van der Waals surface area contributed by atoms with Gasteiger partial charge in [0.2, 0.25) is 5.91 Å². The van der Waals surface area contributed by atoms with Gasteiger partial charge < -0.3 is 10.0 Å². The molecule has 0 aromatic heterocycles. The fraction of sp³-hybridized carbons (Fsp3) is 0.733. The fourth-order valence-corrected chi connectivity index (χ4v) is 2.76. The van der Waals surface area contributed by atoms with Gasteiger partial charge in [-0.15, -0.1) is 0 Å². The molecule has 1 amide bonds. The number of allylic oxidation sites excluding steroid dienone is 2. The Bertz CT molecular complexity index is 374. The SMILES string of the molecule is CCCCN(C(=O)C1CC=CCC1C(=O)O)C1CC1. The molecule has 1 saturated carbocycles. The van der Waals surface area contributed by atoms with E-state index < -0.39 is 11.9 Å². The minimum Gasteiger partial charge on any atom is -0.481 e. The topological polar surface area (TPSA) is 57.6 Å². The maximum absolute atomic E-state index is 12.6. The first-order valence-corrected chi connectivity index (χ1v) is 7.33. The van der Waals surface area contributed by atoms with E-state index in [2.05, 4.69) is 6.92 Å². The number of rotatable bonds is 6. The second kappa shape index (κ2) is 6.22. The summed E-state index contributed by atoms with van der Waals surface area (Å²) in [6.07, 6.45) is 9.11. The smallest absolute Gasteiger partial charge is 0.307 e. The molecule has 2 aliphatic rings. The van der Waals surface area contributed by atoms with Crippen LogP contribution in [0.15, 0.2) is 12.2 Å². The predicted molar refractivity (Wildman–Crippen MR) is 72.6 cm³/mol. The largest absolute Gasteiger partial charge is 0.481 e. The highest BCUT2D eigenvalue weighted by Gasteiger charge is 2.40. The predicted octanol–water partition coefficient (Wildman–Crippen LogP) is 2.44. The third-order valence-corrected chi connectivity index (χ3v) is 4.09. The minimum atomic E-state index is -0.839. The maximum Gasteiger partial charge on any atom is 0.307 e. The molecule has 19 heavy (non-hydrogen) atoms. The molecule has 2 atom stereocenters. The van der Waals surface area contributed by atoms with Crippen molar-refractivity contribution in [1.29, 1.82) is 0 Å². The van der Waals surface area contributed by atoms with E-state index in [0.29, 0.717) is 18.9 Å². The number of hydrogen-bond donors (Lipinski definition) is 1. The van der Waals surface area contributed by atoms with Gasteiger partial charge in [-0.2, -0.15) is 0 Å². The Morgan fingerprint density at radius 3 is 2.37 bits per heavy atom. The molecule has 1 fully saturated rings. The molecule has 4 nitrogen and oxygen atoms in total. The van der Waals surface area contributed by atoms with Crippen molar-refractivity contribution in [1.82, 2.24) is 4.90 Å². The lowest BCUT2D eigenvalue weighted by Gasteiger charge is -2.31. The lowest BCUT2D eigenvalue weighted by molar-refractivity contribution is -0.150. The summed E-state index contributed by atoms with van der Waals surface area (Å²) in [5.74, 6) is -1.68. The molecule has 1 N–H and O–H groups in total. The average molecular weight is 265 g/mol. The molecule has 0 aromatic carbocycles. The van der Waals surface area contributed by atoms with E-state index >= 15 is 0 Å². The number of nitrogens with zero attached hydrogens (tertiary/aromatic N) is 1. The third kappa shape index (κ3) is 3.37. The molecule has 106 valence electrons. The van der Waals surface area contributed by atoms with Crippen LogP contribution in [-0.4, -0.2) is 34.5 Å². The number of carboxylic acid groups (broad SMARTS) is 1. The van der Waals surface area contributed by atoms with Crippen LogP contribution in [0.2, 0.25) is 0 Å². The number of carbonyl (C=O) groups is 2. The summed E-state index contributed by atoms with van der Waals surface area (Å²) in [5, 5.41) is 9.27. The molecule has 0 saturated heterocycles. The van der Waals surface area contributed by atoms with E-state index in [1.165, 1.54) is 0 Å². The second-order valence-electron chi connectivity index (χ2n) is 5.61. The van der Waals surface area contributed by atoms with Crippen LogP contribution in [0.1, 0.15) is 45.4 Å². The zero-order chi connectivity index (χ0) is 13.8. The molecule has 2 unspecified atom stereocenters. The van der Waals surface area contributed by atoms with E-state index in [9.17, 15) is 14.7 Å². The van der Waals surface area contributed by atoms with Crippen molar-refractivity contribution < 1.29 is 14.7 Å². The summed E-state index contributed by atoms with van der Waals surface area (Å²) in [7, 11) is 0. The highest BCUT2D eigenvalue weighted by Crippen LogP contribution is 2.33. The monoisotopic (exact) mass is 265 g/mol. The van der Waals surface area contributed by atoms with Gasteiger partial charge in [-0.3, -0.25) is 9.59 Å². The van der Waals surface area contributed by atoms with Crippen LogP contribution in [0, 0.1) is 11.8 Å². The van der Waals surface area contributed by atoms with Crippen LogP contribution in [-0.2, 0) is 9.59 Å². The maximum atomic E-state index is 12.6. The normalized spacial score (nSPS) is 26.2. The average Bonchev–Trinajstić information content (AvgIpc) is 3.23. The first-order chi connectivity index (χ1) is 9.15. The highest BCUT2D eigenvalue weighted by molar-refractivity contribution is 5.85. The molecule has 0 heterocycles. The Kier molecular flexibility index (Phi) is 4.61. The number of amides is 1. The molecule has 2 aliphatic carbocycles. The molecule has 0 aliphatic heterocycles. The van der Waals surface area contributed by atoms with Crippen molar-refractivity contribution in [2.24, 2.45) is 11.8 Å². The van der Waals surface area contributed by atoms with Gasteiger partial charge in [0.05, 0.1) is 11.8 Å². The van der Waals surface area contributed by atoms with Crippen LogP contribution in [0.4, 0.5) is 0 Å². The standard InChI is InChI=1S/C15H23NO3/c1-2-3-10-16(11-8-9-11)14(17)12-6-4-5-7-13(12)15(18)19/h4-5,11-13H,2-3,6-10H2,1H3,(H,18,19). The highest BCUT2D eigenvalue weighted by atomic mass is 16.4. The molecule has 0 aromatic rings. The van der Waals surface area contributed by atoms with E-state index in [1.54, 1.807) is 0 Å². The van der Waals surface area contributed by atoms with Crippen molar-refractivity contribution >= 4 is 11.9 Å². The summed E-state index contributed by atoms with van der Waals surface area (Å²) >= 11 is 0. The summed E-state index contributed by atoms with van der Waals surface area (Å²) in [4.78, 5) is 25.9.